The number of phenols is 1. The van der Waals surface area contributed by atoms with Gasteiger partial charge in [-0.05, 0) is 31.6 Å². The molecule has 2 heterocycles. The summed E-state index contributed by atoms with van der Waals surface area (Å²) in [5, 5.41) is 21.7. The van der Waals surface area contributed by atoms with Gasteiger partial charge in [-0.2, -0.15) is 0 Å². The molecule has 0 aliphatic carbocycles. The number of hydrogen-bond acceptors (Lipinski definition) is 8. The molecule has 1 N–H and O–H groups in total. The van der Waals surface area contributed by atoms with Crippen molar-refractivity contribution in [3.05, 3.63) is 99.1 Å². The number of nitro groups is 1. The fraction of sp³-hybridized carbons (Fsp3) is 0.174. The van der Waals surface area contributed by atoms with Crippen molar-refractivity contribution in [1.82, 2.24) is 4.57 Å². The molecule has 9 nitrogen and oxygen atoms in total. The molecule has 0 amide bonds. The average molecular weight is 544 g/mol. The molecule has 1 aliphatic heterocycles. The molecule has 0 spiro atoms. The molecule has 4 rings (SSSR count). The maximum Gasteiger partial charge on any atom is 0.338 e. The summed E-state index contributed by atoms with van der Waals surface area (Å²) in [7, 11) is 0. The monoisotopic (exact) mass is 543 g/mol. The van der Waals surface area contributed by atoms with Crippen LogP contribution in [0.1, 0.15) is 31.0 Å². The number of carbonyl (C=O) groups is 1. The number of aromatic hydroxyl groups is 1. The van der Waals surface area contributed by atoms with Crippen LogP contribution in [0.3, 0.4) is 0 Å². The molecular formula is C23H18BrN3O6S. The van der Waals surface area contributed by atoms with E-state index in [-0.39, 0.29) is 22.3 Å². The van der Waals surface area contributed by atoms with E-state index in [1.54, 1.807) is 13.8 Å². The van der Waals surface area contributed by atoms with E-state index in [2.05, 4.69) is 20.9 Å². The fourth-order valence-electron chi connectivity index (χ4n) is 3.74. The van der Waals surface area contributed by atoms with Crippen molar-refractivity contribution in [1.29, 1.82) is 0 Å². The summed E-state index contributed by atoms with van der Waals surface area (Å²) in [6.45, 7) is 3.55. The van der Waals surface area contributed by atoms with Crippen molar-refractivity contribution in [2.75, 3.05) is 6.61 Å². The van der Waals surface area contributed by atoms with E-state index in [0.29, 0.717) is 20.5 Å². The van der Waals surface area contributed by atoms with E-state index < -0.39 is 33.9 Å². The number of carbonyl (C=O) groups excluding carboxylic acids is 1. The second kappa shape index (κ2) is 9.35. The Morgan fingerprint density at radius 3 is 2.71 bits per heavy atom. The lowest BCUT2D eigenvalue weighted by Gasteiger charge is -2.24. The number of allylic oxidation sites excluding steroid dienone is 1. The lowest BCUT2D eigenvalue weighted by molar-refractivity contribution is -0.385. The number of phenolic OH excluding ortho intramolecular Hbond substituents is 1. The Labute approximate surface area is 205 Å². The number of nitrogens with zero attached hydrogens (tertiary/aromatic N) is 3. The first-order valence-electron chi connectivity index (χ1n) is 10.1. The van der Waals surface area contributed by atoms with Gasteiger partial charge in [-0.3, -0.25) is 19.5 Å². The molecule has 0 unspecified atom stereocenters. The van der Waals surface area contributed by atoms with Gasteiger partial charge in [0.05, 0.1) is 33.4 Å². The number of ether oxygens (including phenoxy) is 1. The Bertz CT molecular complexity index is 1520. The summed E-state index contributed by atoms with van der Waals surface area (Å²) in [5.41, 5.74) is 0.552. The van der Waals surface area contributed by atoms with Gasteiger partial charge in [0.2, 0.25) is 5.75 Å². The van der Waals surface area contributed by atoms with Crippen molar-refractivity contribution in [2.24, 2.45) is 4.99 Å². The second-order valence-electron chi connectivity index (χ2n) is 7.33. The highest BCUT2D eigenvalue weighted by Gasteiger charge is 2.33. The molecule has 34 heavy (non-hydrogen) atoms. The number of benzene rings is 2. The molecule has 11 heteroatoms. The van der Waals surface area contributed by atoms with Gasteiger partial charge in [-0.1, -0.05) is 57.6 Å². The van der Waals surface area contributed by atoms with Crippen LogP contribution in [-0.4, -0.2) is 27.2 Å². The van der Waals surface area contributed by atoms with Crippen LogP contribution in [0, 0.1) is 10.1 Å². The lowest BCUT2D eigenvalue weighted by Crippen LogP contribution is -2.39. The number of aromatic nitrogens is 1. The highest BCUT2D eigenvalue weighted by atomic mass is 79.9. The first kappa shape index (κ1) is 23.6. The summed E-state index contributed by atoms with van der Waals surface area (Å²) in [6, 6.07) is 11.0. The topological polar surface area (TPSA) is 124 Å². The zero-order valence-electron chi connectivity index (χ0n) is 18.0. The SMILES string of the molecule is CCOC(=O)C1=C(C)N=c2s/c(=C\c3cc(Br)cc([N+](=O)[O-])c3O)c(=O)n2[C@@H]1c1ccccc1. The number of esters is 1. The van der Waals surface area contributed by atoms with Crippen molar-refractivity contribution >= 4 is 45.0 Å². The zero-order chi connectivity index (χ0) is 24.6. The Morgan fingerprint density at radius 1 is 1.35 bits per heavy atom. The van der Waals surface area contributed by atoms with Crippen molar-refractivity contribution in [3.8, 4) is 5.75 Å². The van der Waals surface area contributed by atoms with Gasteiger partial charge in [0, 0.05) is 16.1 Å². The Kier molecular flexibility index (Phi) is 6.49. The van der Waals surface area contributed by atoms with Crippen LogP contribution in [0.4, 0.5) is 5.69 Å². The smallest absolute Gasteiger partial charge is 0.338 e. The third-order valence-corrected chi connectivity index (χ3v) is 6.64. The average Bonchev–Trinajstić information content (AvgIpc) is 3.10. The summed E-state index contributed by atoms with van der Waals surface area (Å²) in [6.07, 6.45) is 1.38. The van der Waals surface area contributed by atoms with Crippen molar-refractivity contribution in [2.45, 2.75) is 19.9 Å². The quantitative estimate of drug-likeness (QED) is 0.299. The number of halogens is 1. The van der Waals surface area contributed by atoms with Crippen LogP contribution < -0.4 is 14.9 Å². The Hall–Kier alpha value is -3.57. The summed E-state index contributed by atoms with van der Waals surface area (Å²) in [5.74, 6) is -1.12. The molecule has 0 bridgehead atoms. The molecule has 1 atom stereocenters. The lowest BCUT2D eigenvalue weighted by atomic mass is 9.96. The number of hydrogen-bond donors (Lipinski definition) is 1. The van der Waals surface area contributed by atoms with E-state index in [1.165, 1.54) is 22.8 Å². The summed E-state index contributed by atoms with van der Waals surface area (Å²) >= 11 is 4.26. The van der Waals surface area contributed by atoms with Crippen LogP contribution in [0.15, 0.2) is 68.0 Å². The van der Waals surface area contributed by atoms with E-state index in [0.717, 1.165) is 11.3 Å². The maximum absolute atomic E-state index is 13.5. The maximum atomic E-state index is 13.5. The molecular weight excluding hydrogens is 526 g/mol. The van der Waals surface area contributed by atoms with Crippen LogP contribution >= 0.6 is 27.3 Å². The van der Waals surface area contributed by atoms with Crippen LogP contribution in [0.2, 0.25) is 0 Å². The minimum absolute atomic E-state index is 0.101. The molecule has 0 radical (unpaired) electrons. The van der Waals surface area contributed by atoms with Crippen molar-refractivity contribution < 1.29 is 19.6 Å². The van der Waals surface area contributed by atoms with Crippen LogP contribution in [0.5, 0.6) is 5.75 Å². The number of thiazole rings is 1. The minimum Gasteiger partial charge on any atom is -0.502 e. The van der Waals surface area contributed by atoms with E-state index >= 15 is 0 Å². The molecule has 0 fully saturated rings. The van der Waals surface area contributed by atoms with Crippen LogP contribution in [0.25, 0.3) is 6.08 Å². The summed E-state index contributed by atoms with van der Waals surface area (Å²) < 4.78 is 7.23. The number of nitro benzene ring substituents is 1. The minimum atomic E-state index is -0.760. The van der Waals surface area contributed by atoms with Crippen molar-refractivity contribution in [3.63, 3.8) is 0 Å². The second-order valence-corrected chi connectivity index (χ2v) is 9.26. The van der Waals surface area contributed by atoms with Gasteiger partial charge in [-0.15, -0.1) is 0 Å². The molecule has 1 aliphatic rings. The predicted octanol–water partition coefficient (Wildman–Crippen LogP) is 3.17. The standard InChI is InChI=1S/C23H18BrN3O6S/c1-3-33-22(30)18-12(2)25-23-26(19(18)13-7-5-4-6-8-13)21(29)17(34-23)10-14-9-15(24)11-16(20(14)28)27(31)32/h4-11,19,28H,3H2,1-2H3/b17-10-/t19-/m1/s1. The largest absolute Gasteiger partial charge is 0.502 e. The highest BCUT2D eigenvalue weighted by Crippen LogP contribution is 2.34. The first-order valence-corrected chi connectivity index (χ1v) is 11.7. The van der Waals surface area contributed by atoms with Gasteiger partial charge in [0.25, 0.3) is 5.56 Å². The first-order chi connectivity index (χ1) is 16.2. The number of rotatable bonds is 5. The van der Waals surface area contributed by atoms with Gasteiger partial charge >= 0.3 is 11.7 Å². The van der Waals surface area contributed by atoms with Gasteiger partial charge in [0.1, 0.15) is 0 Å². The molecule has 0 saturated carbocycles. The molecule has 2 aromatic carbocycles. The molecule has 0 saturated heterocycles. The molecule has 174 valence electrons. The van der Waals surface area contributed by atoms with E-state index in [1.807, 2.05) is 30.3 Å². The summed E-state index contributed by atoms with van der Waals surface area (Å²) in [4.78, 5) is 41.8. The van der Waals surface area contributed by atoms with E-state index in [9.17, 15) is 24.8 Å². The highest BCUT2D eigenvalue weighted by molar-refractivity contribution is 9.10. The van der Waals surface area contributed by atoms with Gasteiger partial charge in [-0.25, -0.2) is 9.79 Å². The zero-order valence-corrected chi connectivity index (χ0v) is 20.4. The number of fused-ring (bicyclic) bond motifs is 1. The third-order valence-electron chi connectivity index (χ3n) is 5.20. The predicted molar refractivity (Wildman–Crippen MR) is 129 cm³/mol. The molecule has 3 aromatic rings. The van der Waals surface area contributed by atoms with Crippen LogP contribution in [-0.2, 0) is 9.53 Å². The Balaban J connectivity index is 1.98. The normalized spacial score (nSPS) is 15.6. The van der Waals surface area contributed by atoms with Gasteiger partial charge in [0.15, 0.2) is 4.80 Å². The third kappa shape index (κ3) is 4.19. The Morgan fingerprint density at radius 2 is 2.06 bits per heavy atom. The molecule has 1 aromatic heterocycles. The van der Waals surface area contributed by atoms with E-state index in [4.69, 9.17) is 4.74 Å². The van der Waals surface area contributed by atoms with Gasteiger partial charge < -0.3 is 9.84 Å². The fourth-order valence-corrected chi connectivity index (χ4v) is 5.24.